The first-order valence-corrected chi connectivity index (χ1v) is 8.98. The highest BCUT2D eigenvalue weighted by molar-refractivity contribution is 6.06. The van der Waals surface area contributed by atoms with E-state index in [4.69, 9.17) is 14.2 Å². The number of ether oxygens (including phenoxy) is 3. The van der Waals surface area contributed by atoms with E-state index in [9.17, 15) is 4.79 Å². The van der Waals surface area contributed by atoms with Crippen molar-refractivity contribution >= 4 is 16.9 Å². The Labute approximate surface area is 149 Å². The summed E-state index contributed by atoms with van der Waals surface area (Å²) >= 11 is 0. The molecule has 1 aromatic carbocycles. The fourth-order valence-corrected chi connectivity index (χ4v) is 3.16. The maximum Gasteiger partial charge on any atom is 0.340 e. The molecule has 0 N–H and O–H groups in total. The lowest BCUT2D eigenvalue weighted by atomic mass is 10.1. The predicted octanol–water partition coefficient (Wildman–Crippen LogP) is 4.34. The highest BCUT2D eigenvalue weighted by Gasteiger charge is 2.21. The third-order valence-corrected chi connectivity index (χ3v) is 4.33. The highest BCUT2D eigenvalue weighted by atomic mass is 16.5. The number of fused-ring (bicyclic) bond motifs is 1. The van der Waals surface area contributed by atoms with Crippen molar-refractivity contribution in [1.82, 2.24) is 4.57 Å². The largest absolute Gasteiger partial charge is 0.491 e. The van der Waals surface area contributed by atoms with Crippen molar-refractivity contribution in [3.05, 3.63) is 29.5 Å². The van der Waals surface area contributed by atoms with Crippen molar-refractivity contribution in [1.29, 1.82) is 0 Å². The Morgan fingerprint density at radius 3 is 2.68 bits per heavy atom. The molecule has 25 heavy (non-hydrogen) atoms. The third kappa shape index (κ3) is 4.34. The van der Waals surface area contributed by atoms with Gasteiger partial charge in [-0.25, -0.2) is 4.79 Å². The minimum absolute atomic E-state index is 0.144. The van der Waals surface area contributed by atoms with Gasteiger partial charge < -0.3 is 18.8 Å². The Hall–Kier alpha value is -2.01. The highest BCUT2D eigenvalue weighted by Crippen LogP contribution is 2.30. The van der Waals surface area contributed by atoms with E-state index in [1.54, 1.807) is 7.11 Å². The van der Waals surface area contributed by atoms with Crippen LogP contribution in [-0.4, -0.2) is 37.0 Å². The number of benzene rings is 1. The van der Waals surface area contributed by atoms with Gasteiger partial charge in [0.25, 0.3) is 0 Å². The minimum Gasteiger partial charge on any atom is -0.491 e. The number of nitrogens with zero attached hydrogens (tertiary/aromatic N) is 1. The van der Waals surface area contributed by atoms with E-state index in [0.29, 0.717) is 25.3 Å². The predicted molar refractivity (Wildman–Crippen MR) is 99.5 cm³/mol. The van der Waals surface area contributed by atoms with Crippen LogP contribution in [0.4, 0.5) is 0 Å². The van der Waals surface area contributed by atoms with Crippen LogP contribution in [0.25, 0.3) is 10.9 Å². The molecule has 0 amide bonds. The summed E-state index contributed by atoms with van der Waals surface area (Å²) in [7, 11) is 1.67. The number of rotatable bonds is 9. The van der Waals surface area contributed by atoms with Crippen LogP contribution in [0.3, 0.4) is 0 Å². The lowest BCUT2D eigenvalue weighted by molar-refractivity contribution is 0.0527. The van der Waals surface area contributed by atoms with Crippen molar-refractivity contribution in [3.63, 3.8) is 0 Å². The van der Waals surface area contributed by atoms with Crippen molar-refractivity contribution in [3.8, 4) is 5.75 Å². The van der Waals surface area contributed by atoms with Gasteiger partial charge in [0, 0.05) is 30.3 Å². The summed E-state index contributed by atoms with van der Waals surface area (Å²) in [5, 5.41) is 0.869. The monoisotopic (exact) mass is 347 g/mol. The SMILES string of the molecule is CCC[C@@H](C)Oc1ccc2c(c1)c(C(=O)OCC)c(C)n2CCOC. The molecule has 0 saturated heterocycles. The maximum atomic E-state index is 12.5. The number of hydrogen-bond acceptors (Lipinski definition) is 4. The van der Waals surface area contributed by atoms with Crippen LogP contribution in [0.15, 0.2) is 18.2 Å². The van der Waals surface area contributed by atoms with Crippen molar-refractivity contribution in [2.45, 2.75) is 53.2 Å². The molecule has 0 saturated carbocycles. The van der Waals surface area contributed by atoms with E-state index in [2.05, 4.69) is 18.4 Å². The molecular weight excluding hydrogens is 318 g/mol. The van der Waals surface area contributed by atoms with Crippen LogP contribution < -0.4 is 4.74 Å². The zero-order valence-corrected chi connectivity index (χ0v) is 15.9. The van der Waals surface area contributed by atoms with Gasteiger partial charge in [0.1, 0.15) is 5.75 Å². The van der Waals surface area contributed by atoms with Crippen LogP contribution in [0.2, 0.25) is 0 Å². The summed E-state index contributed by atoms with van der Waals surface area (Å²) in [4.78, 5) is 12.5. The van der Waals surface area contributed by atoms with Crippen LogP contribution in [0.1, 0.15) is 49.7 Å². The van der Waals surface area contributed by atoms with Crippen LogP contribution in [0, 0.1) is 6.92 Å². The molecule has 5 heteroatoms. The molecule has 138 valence electrons. The van der Waals surface area contributed by atoms with Crippen LogP contribution >= 0.6 is 0 Å². The molecule has 0 bridgehead atoms. The summed E-state index contributed by atoms with van der Waals surface area (Å²) in [5.41, 5.74) is 2.50. The Morgan fingerprint density at radius 1 is 1.28 bits per heavy atom. The molecule has 5 nitrogen and oxygen atoms in total. The Morgan fingerprint density at radius 2 is 2.04 bits per heavy atom. The summed E-state index contributed by atoms with van der Waals surface area (Å²) in [6.07, 6.45) is 2.21. The maximum absolute atomic E-state index is 12.5. The summed E-state index contributed by atoms with van der Waals surface area (Å²) in [5.74, 6) is 0.489. The van der Waals surface area contributed by atoms with Crippen molar-refractivity contribution < 1.29 is 19.0 Å². The van der Waals surface area contributed by atoms with Gasteiger partial charge in [-0.05, 0) is 45.4 Å². The van der Waals surface area contributed by atoms with Gasteiger partial charge in [-0.1, -0.05) is 13.3 Å². The van der Waals surface area contributed by atoms with E-state index < -0.39 is 0 Å². The molecule has 1 atom stereocenters. The van der Waals surface area contributed by atoms with Crippen LogP contribution in [0.5, 0.6) is 5.75 Å². The molecule has 0 aliphatic carbocycles. The van der Waals surface area contributed by atoms with Gasteiger partial charge in [-0.3, -0.25) is 0 Å². The molecule has 0 aliphatic rings. The summed E-state index contributed by atoms with van der Waals surface area (Å²) in [6.45, 7) is 9.59. The normalized spacial score (nSPS) is 12.4. The van der Waals surface area contributed by atoms with Gasteiger partial charge in [-0.15, -0.1) is 0 Å². The summed E-state index contributed by atoms with van der Waals surface area (Å²) in [6, 6.07) is 5.92. The molecule has 1 aromatic heterocycles. The second-order valence-corrected chi connectivity index (χ2v) is 6.22. The molecule has 0 radical (unpaired) electrons. The first-order valence-electron chi connectivity index (χ1n) is 8.98. The lowest BCUT2D eigenvalue weighted by Gasteiger charge is -2.14. The van der Waals surface area contributed by atoms with Crippen LogP contribution in [-0.2, 0) is 16.0 Å². The Kier molecular flexibility index (Phi) is 6.88. The average molecular weight is 347 g/mol. The number of aromatic nitrogens is 1. The molecule has 0 spiro atoms. The van der Waals surface area contributed by atoms with E-state index >= 15 is 0 Å². The number of carbonyl (C=O) groups is 1. The standard InChI is InChI=1S/C20H29NO4/c1-6-8-14(3)25-16-9-10-18-17(13-16)19(20(22)24-7-2)15(4)21(18)11-12-23-5/h9-10,13-14H,6-8,11-12H2,1-5H3/t14-/m1/s1. The number of hydrogen-bond donors (Lipinski definition) is 0. The van der Waals surface area contributed by atoms with Gasteiger partial charge >= 0.3 is 5.97 Å². The quantitative estimate of drug-likeness (QED) is 0.633. The zero-order valence-electron chi connectivity index (χ0n) is 15.9. The number of carbonyl (C=O) groups excluding carboxylic acids is 1. The van der Waals surface area contributed by atoms with Crippen molar-refractivity contribution in [2.24, 2.45) is 0 Å². The van der Waals surface area contributed by atoms with Gasteiger partial charge in [0.05, 0.1) is 24.9 Å². The smallest absolute Gasteiger partial charge is 0.340 e. The van der Waals surface area contributed by atoms with E-state index in [1.165, 1.54) is 0 Å². The number of methoxy groups -OCH3 is 1. The molecule has 0 fully saturated rings. The molecule has 0 aliphatic heterocycles. The molecular formula is C20H29NO4. The van der Waals surface area contributed by atoms with Gasteiger partial charge in [0.15, 0.2) is 0 Å². The minimum atomic E-state index is -0.292. The Balaban J connectivity index is 2.49. The third-order valence-electron chi connectivity index (χ3n) is 4.33. The second-order valence-electron chi connectivity index (χ2n) is 6.22. The Bertz CT molecular complexity index is 720. The fraction of sp³-hybridized carbons (Fsp3) is 0.550. The second kappa shape index (κ2) is 8.90. The lowest BCUT2D eigenvalue weighted by Crippen LogP contribution is -2.11. The van der Waals surface area contributed by atoms with Gasteiger partial charge in [-0.2, -0.15) is 0 Å². The molecule has 0 unspecified atom stereocenters. The number of esters is 1. The van der Waals surface area contributed by atoms with Crippen molar-refractivity contribution in [2.75, 3.05) is 20.3 Å². The molecule has 2 rings (SSSR count). The van der Waals surface area contributed by atoms with E-state index in [1.807, 2.05) is 32.0 Å². The molecule has 1 heterocycles. The molecule has 2 aromatic rings. The average Bonchev–Trinajstić information content (AvgIpc) is 2.84. The van der Waals surface area contributed by atoms with E-state index in [0.717, 1.165) is 35.2 Å². The van der Waals surface area contributed by atoms with E-state index in [-0.39, 0.29) is 12.1 Å². The van der Waals surface area contributed by atoms with Gasteiger partial charge in [0.2, 0.25) is 0 Å². The topological polar surface area (TPSA) is 49.7 Å². The zero-order chi connectivity index (χ0) is 18.4. The summed E-state index contributed by atoms with van der Waals surface area (Å²) < 4.78 is 18.6. The first-order chi connectivity index (χ1) is 12.0. The fourth-order valence-electron chi connectivity index (χ4n) is 3.16. The first kappa shape index (κ1) is 19.3.